The molecule has 3 atom stereocenters. The normalized spacial score (nSPS) is 26.6. The Kier molecular flexibility index (Phi) is 7.99. The Labute approximate surface area is 166 Å². The highest BCUT2D eigenvalue weighted by molar-refractivity contribution is 5.69. The number of ether oxygens (including phenoxy) is 1. The number of hydrogen-bond acceptors (Lipinski definition) is 4. The van der Waals surface area contributed by atoms with Gasteiger partial charge in [-0.3, -0.25) is 0 Å². The third-order valence-electron chi connectivity index (χ3n) is 6.87. The van der Waals surface area contributed by atoms with Crippen molar-refractivity contribution in [3.63, 3.8) is 0 Å². The molecule has 2 fully saturated rings. The Balaban J connectivity index is 2.01. The Morgan fingerprint density at radius 2 is 1.85 bits per heavy atom. The number of aliphatic hydroxyl groups excluding tert-OH is 1. The van der Waals surface area contributed by atoms with Crippen molar-refractivity contribution in [1.82, 2.24) is 10.2 Å². The fraction of sp³-hybridized carbons (Fsp3) is 0.955. The minimum atomic E-state index is -0.441. The molecule has 0 aromatic rings. The van der Waals surface area contributed by atoms with Crippen molar-refractivity contribution in [3.05, 3.63) is 0 Å². The molecule has 1 heterocycles. The summed E-state index contributed by atoms with van der Waals surface area (Å²) in [5.41, 5.74) is -0.258. The first-order chi connectivity index (χ1) is 12.7. The highest BCUT2D eigenvalue weighted by Crippen LogP contribution is 2.38. The van der Waals surface area contributed by atoms with E-state index in [0.29, 0.717) is 18.0 Å². The summed E-state index contributed by atoms with van der Waals surface area (Å²) in [5, 5.41) is 13.3. The molecule has 27 heavy (non-hydrogen) atoms. The molecular weight excluding hydrogens is 340 g/mol. The second kappa shape index (κ2) is 9.60. The van der Waals surface area contributed by atoms with Crippen LogP contribution in [0.5, 0.6) is 0 Å². The van der Waals surface area contributed by atoms with Gasteiger partial charge >= 0.3 is 6.09 Å². The second-order valence-corrected chi connectivity index (χ2v) is 9.65. The molecule has 0 radical (unpaired) electrons. The lowest BCUT2D eigenvalue weighted by molar-refractivity contribution is 0.0163. The van der Waals surface area contributed by atoms with E-state index < -0.39 is 5.60 Å². The Bertz CT molecular complexity index is 471. The predicted octanol–water partition coefficient (Wildman–Crippen LogP) is 4.33. The average molecular weight is 383 g/mol. The lowest BCUT2D eigenvalue weighted by Gasteiger charge is -2.37. The van der Waals surface area contributed by atoms with Gasteiger partial charge in [-0.2, -0.15) is 0 Å². The fourth-order valence-corrected chi connectivity index (χ4v) is 5.01. The zero-order valence-corrected chi connectivity index (χ0v) is 18.2. The van der Waals surface area contributed by atoms with E-state index >= 15 is 0 Å². The third kappa shape index (κ3) is 5.83. The zero-order chi connectivity index (χ0) is 20.1. The highest BCUT2D eigenvalue weighted by Gasteiger charge is 2.42. The molecule has 0 aromatic heterocycles. The summed E-state index contributed by atoms with van der Waals surface area (Å²) in [4.78, 5) is 14.7. The molecule has 0 aromatic carbocycles. The van der Waals surface area contributed by atoms with E-state index in [9.17, 15) is 9.90 Å². The van der Waals surface area contributed by atoms with E-state index in [1.165, 1.54) is 19.3 Å². The van der Waals surface area contributed by atoms with Crippen LogP contribution in [-0.2, 0) is 4.74 Å². The number of carbonyl (C=O) groups excluding carboxylic acids is 1. The van der Waals surface area contributed by atoms with Gasteiger partial charge in [-0.05, 0) is 77.0 Å². The molecule has 5 heteroatoms. The predicted molar refractivity (Wildman–Crippen MR) is 110 cm³/mol. The molecule has 0 bridgehead atoms. The Morgan fingerprint density at radius 1 is 1.15 bits per heavy atom. The topological polar surface area (TPSA) is 61.8 Å². The van der Waals surface area contributed by atoms with Gasteiger partial charge in [0, 0.05) is 31.8 Å². The van der Waals surface area contributed by atoms with Crippen LogP contribution >= 0.6 is 0 Å². The van der Waals surface area contributed by atoms with Crippen molar-refractivity contribution in [2.45, 2.75) is 104 Å². The first kappa shape index (κ1) is 22.5. The summed E-state index contributed by atoms with van der Waals surface area (Å²) in [6.45, 7) is 12.3. The van der Waals surface area contributed by atoms with Crippen LogP contribution in [0.15, 0.2) is 0 Å². The molecule has 2 aliphatic rings. The smallest absolute Gasteiger partial charge is 0.410 e. The van der Waals surface area contributed by atoms with Crippen molar-refractivity contribution in [2.75, 3.05) is 19.7 Å². The number of amides is 1. The fourth-order valence-electron chi connectivity index (χ4n) is 5.01. The van der Waals surface area contributed by atoms with Gasteiger partial charge in [0.05, 0.1) is 0 Å². The van der Waals surface area contributed by atoms with Crippen LogP contribution in [0, 0.1) is 11.3 Å². The second-order valence-electron chi connectivity index (χ2n) is 9.65. The van der Waals surface area contributed by atoms with Gasteiger partial charge in [-0.25, -0.2) is 4.79 Å². The van der Waals surface area contributed by atoms with E-state index in [2.05, 4.69) is 19.2 Å². The molecule has 1 aliphatic carbocycles. The standard InChI is InChI=1S/C22H42N2O3/c1-6-22(7-2,13-15-25)16-23-18-11-8-10-17(18)19-12-9-14-24(19)20(26)27-21(3,4)5/h17-19,23,25H,6-16H2,1-5H3/t17-,18-,19-/m1/s1. The van der Waals surface area contributed by atoms with Gasteiger partial charge in [-0.1, -0.05) is 20.3 Å². The molecule has 1 aliphatic heterocycles. The maximum absolute atomic E-state index is 12.7. The molecule has 0 unspecified atom stereocenters. The van der Waals surface area contributed by atoms with Crippen LogP contribution in [0.2, 0.25) is 0 Å². The van der Waals surface area contributed by atoms with E-state index in [1.54, 1.807) is 0 Å². The Hall–Kier alpha value is -0.810. The van der Waals surface area contributed by atoms with E-state index in [1.807, 2.05) is 25.7 Å². The molecular formula is C22H42N2O3. The first-order valence-electron chi connectivity index (χ1n) is 11.1. The molecule has 0 spiro atoms. The van der Waals surface area contributed by atoms with Gasteiger partial charge in [0.25, 0.3) is 0 Å². The van der Waals surface area contributed by atoms with E-state index in [4.69, 9.17) is 4.74 Å². The minimum Gasteiger partial charge on any atom is -0.444 e. The monoisotopic (exact) mass is 382 g/mol. The van der Waals surface area contributed by atoms with Crippen LogP contribution in [0.4, 0.5) is 4.79 Å². The number of hydrogen-bond donors (Lipinski definition) is 2. The molecule has 1 saturated carbocycles. The summed E-state index contributed by atoms with van der Waals surface area (Å²) >= 11 is 0. The summed E-state index contributed by atoms with van der Waals surface area (Å²) < 4.78 is 5.67. The van der Waals surface area contributed by atoms with Crippen molar-refractivity contribution >= 4 is 6.09 Å². The van der Waals surface area contributed by atoms with Crippen LogP contribution in [0.1, 0.15) is 86.0 Å². The molecule has 158 valence electrons. The maximum Gasteiger partial charge on any atom is 0.410 e. The first-order valence-corrected chi connectivity index (χ1v) is 11.1. The summed E-state index contributed by atoms with van der Waals surface area (Å²) in [5.74, 6) is 0.514. The zero-order valence-electron chi connectivity index (χ0n) is 18.2. The van der Waals surface area contributed by atoms with Gasteiger partial charge in [-0.15, -0.1) is 0 Å². The minimum absolute atomic E-state index is 0.146. The van der Waals surface area contributed by atoms with Gasteiger partial charge < -0.3 is 20.1 Å². The Morgan fingerprint density at radius 3 is 2.44 bits per heavy atom. The number of nitrogens with zero attached hydrogens (tertiary/aromatic N) is 1. The van der Waals surface area contributed by atoms with Crippen molar-refractivity contribution in [2.24, 2.45) is 11.3 Å². The lowest BCUT2D eigenvalue weighted by atomic mass is 9.79. The van der Waals surface area contributed by atoms with E-state index in [-0.39, 0.29) is 18.1 Å². The van der Waals surface area contributed by atoms with Crippen molar-refractivity contribution in [3.8, 4) is 0 Å². The van der Waals surface area contributed by atoms with Crippen molar-refractivity contribution in [1.29, 1.82) is 0 Å². The van der Waals surface area contributed by atoms with Crippen LogP contribution in [0.3, 0.4) is 0 Å². The van der Waals surface area contributed by atoms with Crippen LogP contribution in [0.25, 0.3) is 0 Å². The lowest BCUT2D eigenvalue weighted by Crippen LogP contribution is -2.49. The number of carbonyl (C=O) groups is 1. The van der Waals surface area contributed by atoms with E-state index in [0.717, 1.165) is 45.2 Å². The van der Waals surface area contributed by atoms with Gasteiger partial charge in [0.1, 0.15) is 5.60 Å². The third-order valence-corrected chi connectivity index (χ3v) is 6.87. The average Bonchev–Trinajstić information content (AvgIpc) is 3.25. The number of rotatable bonds is 8. The number of aliphatic hydroxyl groups is 1. The van der Waals surface area contributed by atoms with Gasteiger partial charge in [0.2, 0.25) is 0 Å². The molecule has 5 nitrogen and oxygen atoms in total. The largest absolute Gasteiger partial charge is 0.444 e. The number of likely N-dealkylation sites (tertiary alicyclic amines) is 1. The van der Waals surface area contributed by atoms with Gasteiger partial charge in [0.15, 0.2) is 0 Å². The highest BCUT2D eigenvalue weighted by atomic mass is 16.6. The number of nitrogens with one attached hydrogen (secondary N) is 1. The maximum atomic E-state index is 12.7. The molecule has 2 rings (SSSR count). The summed E-state index contributed by atoms with van der Waals surface area (Å²) in [6, 6.07) is 0.768. The molecule has 1 amide bonds. The molecule has 1 saturated heterocycles. The quantitative estimate of drug-likeness (QED) is 0.656. The summed E-state index contributed by atoms with van der Waals surface area (Å²) in [7, 11) is 0. The summed E-state index contributed by atoms with van der Waals surface area (Å²) in [6.07, 6.45) is 8.65. The van der Waals surface area contributed by atoms with Crippen LogP contribution < -0.4 is 5.32 Å². The molecule has 2 N–H and O–H groups in total. The van der Waals surface area contributed by atoms with Crippen molar-refractivity contribution < 1.29 is 14.6 Å². The SMILES string of the molecule is CCC(CC)(CCO)CN[C@@H]1CCC[C@H]1[C@H]1CCCN1C(=O)OC(C)(C)C. The van der Waals surface area contributed by atoms with Crippen LogP contribution in [-0.4, -0.2) is 53.5 Å².